The molecule has 0 saturated heterocycles. The van der Waals surface area contributed by atoms with Crippen LogP contribution in [-0.2, 0) is 16.1 Å². The molecule has 0 radical (unpaired) electrons. The van der Waals surface area contributed by atoms with Gasteiger partial charge in [0.05, 0.1) is 22.4 Å². The standard InChI is InChI=1S/C20H18N4O2S/c1-23(13-18-21-15-9-5-6-10-17(15)27-18)20(26)16-11-12-19(25)24(22-16)14-7-3-2-4-8-14/h2-10H,11-13H2,1H3. The number of carbonyl (C=O) groups is 2. The van der Waals surface area contributed by atoms with Gasteiger partial charge in [0.2, 0.25) is 5.91 Å². The maximum absolute atomic E-state index is 12.8. The number of carbonyl (C=O) groups excluding carboxylic acids is 2. The molecule has 0 atom stereocenters. The van der Waals surface area contributed by atoms with Gasteiger partial charge in [-0.15, -0.1) is 11.3 Å². The van der Waals surface area contributed by atoms with Crippen LogP contribution in [0.2, 0.25) is 0 Å². The van der Waals surface area contributed by atoms with Crippen molar-refractivity contribution in [2.45, 2.75) is 19.4 Å². The number of amides is 2. The minimum absolute atomic E-state index is 0.105. The highest BCUT2D eigenvalue weighted by molar-refractivity contribution is 7.18. The number of hydrogen-bond donors (Lipinski definition) is 0. The van der Waals surface area contributed by atoms with Crippen LogP contribution in [0.5, 0.6) is 0 Å². The van der Waals surface area contributed by atoms with Gasteiger partial charge in [-0.2, -0.15) is 5.10 Å². The highest BCUT2D eigenvalue weighted by atomic mass is 32.1. The fraction of sp³-hybridized carbons (Fsp3) is 0.200. The SMILES string of the molecule is CN(Cc1nc2ccccc2s1)C(=O)C1=NN(c2ccccc2)C(=O)CC1. The monoisotopic (exact) mass is 378 g/mol. The van der Waals surface area contributed by atoms with Gasteiger partial charge in [0.1, 0.15) is 10.7 Å². The molecule has 1 aromatic heterocycles. The van der Waals surface area contributed by atoms with E-state index in [0.717, 1.165) is 15.2 Å². The maximum atomic E-state index is 12.8. The van der Waals surface area contributed by atoms with Crippen LogP contribution in [0.1, 0.15) is 17.8 Å². The second-order valence-electron chi connectivity index (χ2n) is 6.32. The van der Waals surface area contributed by atoms with Crippen molar-refractivity contribution in [1.82, 2.24) is 9.88 Å². The molecule has 4 rings (SSSR count). The van der Waals surface area contributed by atoms with Crippen LogP contribution in [0.15, 0.2) is 59.7 Å². The van der Waals surface area contributed by atoms with E-state index in [0.29, 0.717) is 24.4 Å². The number of para-hydroxylation sites is 2. The van der Waals surface area contributed by atoms with Gasteiger partial charge in [-0.1, -0.05) is 30.3 Å². The molecule has 0 aliphatic carbocycles. The first-order valence-corrected chi connectivity index (χ1v) is 9.49. The second kappa shape index (κ2) is 7.28. The fourth-order valence-electron chi connectivity index (χ4n) is 2.96. The Morgan fingerprint density at radius 3 is 2.63 bits per heavy atom. The van der Waals surface area contributed by atoms with E-state index in [1.54, 1.807) is 35.4 Å². The first-order valence-electron chi connectivity index (χ1n) is 8.67. The van der Waals surface area contributed by atoms with Crippen LogP contribution in [0.4, 0.5) is 5.69 Å². The number of benzene rings is 2. The zero-order valence-electron chi connectivity index (χ0n) is 14.8. The minimum Gasteiger partial charge on any atom is -0.334 e. The third kappa shape index (κ3) is 3.59. The molecule has 136 valence electrons. The molecule has 0 saturated carbocycles. The highest BCUT2D eigenvalue weighted by Crippen LogP contribution is 2.23. The van der Waals surface area contributed by atoms with E-state index in [2.05, 4.69) is 10.1 Å². The van der Waals surface area contributed by atoms with Gasteiger partial charge in [-0.3, -0.25) is 9.59 Å². The van der Waals surface area contributed by atoms with Crippen molar-refractivity contribution in [3.63, 3.8) is 0 Å². The summed E-state index contributed by atoms with van der Waals surface area (Å²) in [5, 5.41) is 6.53. The summed E-state index contributed by atoms with van der Waals surface area (Å²) in [5.74, 6) is -0.283. The predicted molar refractivity (Wildman–Crippen MR) is 107 cm³/mol. The normalized spacial score (nSPS) is 14.3. The van der Waals surface area contributed by atoms with Crippen molar-refractivity contribution in [2.75, 3.05) is 12.1 Å². The van der Waals surface area contributed by atoms with Crippen molar-refractivity contribution in [1.29, 1.82) is 0 Å². The molecule has 7 heteroatoms. The van der Waals surface area contributed by atoms with E-state index in [1.807, 2.05) is 42.5 Å². The Labute approximate surface area is 160 Å². The lowest BCUT2D eigenvalue weighted by Gasteiger charge is -2.25. The zero-order chi connectivity index (χ0) is 18.8. The average Bonchev–Trinajstić information content (AvgIpc) is 3.10. The van der Waals surface area contributed by atoms with Crippen molar-refractivity contribution in [3.8, 4) is 0 Å². The fourth-order valence-corrected chi connectivity index (χ4v) is 3.98. The number of fused-ring (bicyclic) bond motifs is 1. The Hall–Kier alpha value is -3.06. The summed E-state index contributed by atoms with van der Waals surface area (Å²) in [4.78, 5) is 31.2. The molecule has 2 amide bonds. The third-order valence-corrected chi connectivity index (χ3v) is 5.36. The Morgan fingerprint density at radius 2 is 1.85 bits per heavy atom. The summed E-state index contributed by atoms with van der Waals surface area (Å²) in [6.07, 6.45) is 0.625. The van der Waals surface area contributed by atoms with E-state index < -0.39 is 0 Å². The Kier molecular flexibility index (Phi) is 4.68. The van der Waals surface area contributed by atoms with E-state index in [4.69, 9.17) is 0 Å². The van der Waals surface area contributed by atoms with Crippen molar-refractivity contribution >= 4 is 44.8 Å². The molecular weight excluding hydrogens is 360 g/mol. The lowest BCUT2D eigenvalue weighted by atomic mass is 10.1. The molecule has 27 heavy (non-hydrogen) atoms. The van der Waals surface area contributed by atoms with Gasteiger partial charge in [0.15, 0.2) is 0 Å². The molecule has 1 aliphatic heterocycles. The largest absolute Gasteiger partial charge is 0.334 e. The average molecular weight is 378 g/mol. The third-order valence-electron chi connectivity index (χ3n) is 4.34. The minimum atomic E-state index is -0.178. The number of rotatable bonds is 4. The summed E-state index contributed by atoms with van der Waals surface area (Å²) < 4.78 is 1.10. The molecule has 0 fully saturated rings. The number of nitrogens with zero attached hydrogens (tertiary/aromatic N) is 4. The van der Waals surface area contributed by atoms with Gasteiger partial charge < -0.3 is 4.90 Å². The van der Waals surface area contributed by atoms with Gasteiger partial charge in [-0.05, 0) is 24.3 Å². The van der Waals surface area contributed by atoms with Gasteiger partial charge >= 0.3 is 0 Å². The van der Waals surface area contributed by atoms with Crippen LogP contribution < -0.4 is 5.01 Å². The Bertz CT molecular complexity index is 996. The molecule has 0 unspecified atom stereocenters. The molecule has 0 spiro atoms. The van der Waals surface area contributed by atoms with Crippen molar-refractivity contribution in [3.05, 3.63) is 59.6 Å². The molecule has 0 bridgehead atoms. The quantitative estimate of drug-likeness (QED) is 0.698. The summed E-state index contributed by atoms with van der Waals surface area (Å²) in [5.41, 5.74) is 2.00. The number of hydrogen-bond acceptors (Lipinski definition) is 5. The van der Waals surface area contributed by atoms with E-state index in [-0.39, 0.29) is 18.2 Å². The van der Waals surface area contributed by atoms with Crippen LogP contribution >= 0.6 is 11.3 Å². The lowest BCUT2D eigenvalue weighted by molar-refractivity contribution is -0.123. The molecule has 3 aromatic rings. The van der Waals surface area contributed by atoms with Crippen molar-refractivity contribution < 1.29 is 9.59 Å². The van der Waals surface area contributed by atoms with Crippen LogP contribution in [0.3, 0.4) is 0 Å². The number of anilines is 1. The van der Waals surface area contributed by atoms with Crippen LogP contribution in [-0.4, -0.2) is 34.5 Å². The summed E-state index contributed by atoms with van der Waals surface area (Å²) >= 11 is 1.58. The molecule has 2 heterocycles. The predicted octanol–water partition coefficient (Wildman–Crippen LogP) is 3.44. The topological polar surface area (TPSA) is 65.9 Å². The number of hydrazone groups is 1. The molecular formula is C20H18N4O2S. The van der Waals surface area contributed by atoms with E-state index in [9.17, 15) is 9.59 Å². The number of thiazole rings is 1. The zero-order valence-corrected chi connectivity index (χ0v) is 15.6. The summed E-state index contributed by atoms with van der Waals surface area (Å²) in [6, 6.07) is 17.1. The van der Waals surface area contributed by atoms with Crippen molar-refractivity contribution in [2.24, 2.45) is 5.10 Å². The van der Waals surface area contributed by atoms with Gasteiger partial charge in [0, 0.05) is 19.9 Å². The second-order valence-corrected chi connectivity index (χ2v) is 7.44. The summed E-state index contributed by atoms with van der Waals surface area (Å²) in [6.45, 7) is 0.413. The lowest BCUT2D eigenvalue weighted by Crippen LogP contribution is -2.39. The molecule has 0 N–H and O–H groups in total. The molecule has 1 aliphatic rings. The van der Waals surface area contributed by atoms with Gasteiger partial charge in [-0.25, -0.2) is 9.99 Å². The van der Waals surface area contributed by atoms with E-state index >= 15 is 0 Å². The number of aromatic nitrogens is 1. The first kappa shape index (κ1) is 17.4. The molecule has 2 aromatic carbocycles. The van der Waals surface area contributed by atoms with Gasteiger partial charge in [0.25, 0.3) is 5.91 Å². The molecule has 6 nitrogen and oxygen atoms in total. The smallest absolute Gasteiger partial charge is 0.270 e. The van der Waals surface area contributed by atoms with Crippen LogP contribution in [0.25, 0.3) is 10.2 Å². The summed E-state index contributed by atoms with van der Waals surface area (Å²) in [7, 11) is 1.74. The van der Waals surface area contributed by atoms with E-state index in [1.165, 1.54) is 5.01 Å². The highest BCUT2D eigenvalue weighted by Gasteiger charge is 2.27. The first-order chi connectivity index (χ1) is 13.1. The Morgan fingerprint density at radius 1 is 1.11 bits per heavy atom. The van der Waals surface area contributed by atoms with Crippen LogP contribution in [0, 0.1) is 0 Å². The Balaban J connectivity index is 1.53. The maximum Gasteiger partial charge on any atom is 0.270 e.